The monoisotopic (exact) mass is 432 g/mol. The van der Waals surface area contributed by atoms with Gasteiger partial charge in [0.15, 0.2) is 11.6 Å². The average Bonchev–Trinajstić information content (AvgIpc) is 2.90. The highest BCUT2D eigenvalue weighted by Gasteiger charge is 2.35. The van der Waals surface area contributed by atoms with Crippen LogP contribution in [0.2, 0.25) is 0 Å². The molecule has 0 amide bonds. The maximum absolute atomic E-state index is 14.1. The van der Waals surface area contributed by atoms with Crippen molar-refractivity contribution in [1.82, 2.24) is 4.98 Å². The number of ether oxygens (including phenoxy) is 1. The van der Waals surface area contributed by atoms with Crippen LogP contribution in [-0.4, -0.2) is 17.9 Å². The molecule has 7 heteroatoms. The molecule has 1 aliphatic rings. The Morgan fingerprint density at radius 3 is 2.70 bits per heavy atom. The number of Topliss-reactive ketones (excluding diaryl/α,β-unsaturated/α-hetero) is 1. The second-order valence-corrected chi connectivity index (χ2v) is 7.12. The Morgan fingerprint density at radius 1 is 1.37 bits per heavy atom. The summed E-state index contributed by atoms with van der Waals surface area (Å²) in [4.78, 5) is 16.4. The van der Waals surface area contributed by atoms with E-state index in [9.17, 15) is 13.6 Å². The summed E-state index contributed by atoms with van der Waals surface area (Å²) in [5.41, 5.74) is 2.26. The van der Waals surface area contributed by atoms with Crippen molar-refractivity contribution in [3.05, 3.63) is 57.4 Å². The molecule has 1 unspecified atom stereocenters. The fraction of sp³-hybridized carbons (Fsp3) is 0.250. The molecule has 0 saturated carbocycles. The second kappa shape index (κ2) is 7.57. The van der Waals surface area contributed by atoms with Crippen molar-refractivity contribution in [2.45, 2.75) is 19.8 Å². The molecule has 2 aromatic rings. The lowest BCUT2D eigenvalue weighted by atomic mass is 9.95. The van der Waals surface area contributed by atoms with Crippen molar-refractivity contribution < 1.29 is 18.3 Å². The molecule has 0 bridgehead atoms. The molecular weight excluding hydrogens is 418 g/mol. The summed E-state index contributed by atoms with van der Waals surface area (Å²) in [7, 11) is 1.48. The van der Waals surface area contributed by atoms with E-state index >= 15 is 0 Å². The normalized spacial score (nSPS) is 16.6. The highest BCUT2D eigenvalue weighted by molar-refractivity contribution is 9.10. The third-order valence-corrected chi connectivity index (χ3v) is 5.13. The van der Waals surface area contributed by atoms with Crippen molar-refractivity contribution in [1.29, 1.82) is 5.26 Å². The minimum Gasteiger partial charge on any atom is -0.500 e. The molecule has 0 spiro atoms. The fourth-order valence-electron chi connectivity index (χ4n) is 3.39. The zero-order chi connectivity index (χ0) is 19.7. The lowest BCUT2D eigenvalue weighted by molar-refractivity contribution is -0.113. The number of rotatable bonds is 4. The van der Waals surface area contributed by atoms with Crippen molar-refractivity contribution >= 4 is 27.3 Å². The van der Waals surface area contributed by atoms with E-state index in [1.54, 1.807) is 19.1 Å². The number of hydrogen-bond acceptors (Lipinski definition) is 4. The first-order valence-electron chi connectivity index (χ1n) is 8.17. The summed E-state index contributed by atoms with van der Waals surface area (Å²) < 4.78 is 33.2. The van der Waals surface area contributed by atoms with Crippen LogP contribution in [0.4, 0.5) is 8.78 Å². The topological polar surface area (TPSA) is 63.0 Å². The molecule has 138 valence electrons. The first-order valence-corrected chi connectivity index (χ1v) is 8.96. The number of methoxy groups -OCH3 is 1. The second-order valence-electron chi connectivity index (χ2n) is 6.26. The Bertz CT molecular complexity index is 989. The summed E-state index contributed by atoms with van der Waals surface area (Å²) in [5, 5.41) is 8.98. The lowest BCUT2D eigenvalue weighted by Crippen LogP contribution is -2.02. The lowest BCUT2D eigenvalue weighted by Gasteiger charge is -2.15. The van der Waals surface area contributed by atoms with Gasteiger partial charge >= 0.3 is 0 Å². The zero-order valence-corrected chi connectivity index (χ0v) is 16.2. The van der Waals surface area contributed by atoms with E-state index in [4.69, 9.17) is 10.00 Å². The van der Waals surface area contributed by atoms with Crippen LogP contribution in [0.1, 0.15) is 24.0 Å². The quantitative estimate of drug-likeness (QED) is 0.684. The van der Waals surface area contributed by atoms with Gasteiger partial charge in [0.1, 0.15) is 17.3 Å². The number of benzene rings is 1. The number of hydrogen-bond donors (Lipinski definition) is 0. The van der Waals surface area contributed by atoms with Gasteiger partial charge in [0.25, 0.3) is 0 Å². The third-order valence-electron chi connectivity index (χ3n) is 4.50. The van der Waals surface area contributed by atoms with Crippen LogP contribution in [-0.2, 0) is 9.53 Å². The van der Waals surface area contributed by atoms with Gasteiger partial charge < -0.3 is 4.74 Å². The molecule has 0 fully saturated rings. The summed E-state index contributed by atoms with van der Waals surface area (Å²) in [6, 6.07) is 6.18. The van der Waals surface area contributed by atoms with Gasteiger partial charge in [-0.2, -0.15) is 5.26 Å². The number of aromatic nitrogens is 1. The predicted octanol–water partition coefficient (Wildman–Crippen LogP) is 4.96. The molecule has 1 aliphatic carbocycles. The first-order chi connectivity index (χ1) is 12.9. The van der Waals surface area contributed by atoms with E-state index in [1.807, 2.05) is 0 Å². The highest BCUT2D eigenvalue weighted by Crippen LogP contribution is 2.42. The standard InChI is InChI=1S/C20H15BrF2N2O2/c1-10-5-12(19-15(23)8-13(22)9-25-19)6-14(21)17(10)18-16(26)7-11(3-4-24)20(18)27-2/h5-6,8-9,11H,3,7H2,1-2H3. The fourth-order valence-corrected chi connectivity index (χ4v) is 4.15. The molecular formula is C20H15BrF2N2O2. The summed E-state index contributed by atoms with van der Waals surface area (Å²) in [6.45, 7) is 1.79. The molecule has 27 heavy (non-hydrogen) atoms. The van der Waals surface area contributed by atoms with E-state index in [2.05, 4.69) is 27.0 Å². The molecule has 1 heterocycles. The van der Waals surface area contributed by atoms with Crippen LogP contribution in [0.15, 0.2) is 34.6 Å². The summed E-state index contributed by atoms with van der Waals surface area (Å²) in [6.07, 6.45) is 1.36. The van der Waals surface area contributed by atoms with E-state index in [0.29, 0.717) is 32.5 Å². The van der Waals surface area contributed by atoms with Crippen LogP contribution in [0.25, 0.3) is 16.8 Å². The Hall–Kier alpha value is -2.59. The zero-order valence-electron chi connectivity index (χ0n) is 14.6. The number of carbonyl (C=O) groups excluding carboxylic acids is 1. The Kier molecular flexibility index (Phi) is 5.38. The molecule has 4 nitrogen and oxygen atoms in total. The van der Waals surface area contributed by atoms with Crippen LogP contribution in [0, 0.1) is 35.8 Å². The number of aryl methyl sites for hydroxylation is 1. The maximum Gasteiger partial charge on any atom is 0.167 e. The van der Waals surface area contributed by atoms with Crippen LogP contribution in [0.3, 0.4) is 0 Å². The smallest absolute Gasteiger partial charge is 0.167 e. The molecule has 0 aliphatic heterocycles. The van der Waals surface area contributed by atoms with E-state index < -0.39 is 11.6 Å². The molecule has 1 aromatic carbocycles. The molecule has 1 aromatic heterocycles. The third kappa shape index (κ3) is 3.50. The van der Waals surface area contributed by atoms with Gasteiger partial charge in [-0.05, 0) is 24.6 Å². The van der Waals surface area contributed by atoms with Gasteiger partial charge in [-0.3, -0.25) is 9.78 Å². The van der Waals surface area contributed by atoms with E-state index in [1.165, 1.54) is 7.11 Å². The van der Waals surface area contributed by atoms with Gasteiger partial charge in [-0.25, -0.2) is 8.78 Å². The Labute approximate surface area is 163 Å². The Morgan fingerprint density at radius 2 is 2.11 bits per heavy atom. The predicted molar refractivity (Wildman–Crippen MR) is 99.3 cm³/mol. The van der Waals surface area contributed by atoms with Crippen molar-refractivity contribution in [2.75, 3.05) is 7.11 Å². The van der Waals surface area contributed by atoms with Crippen molar-refractivity contribution in [2.24, 2.45) is 5.92 Å². The summed E-state index contributed by atoms with van der Waals surface area (Å²) >= 11 is 3.46. The first kappa shape index (κ1) is 19.2. The minimum absolute atomic E-state index is 0.0211. The number of halogens is 3. The Balaban J connectivity index is 2.14. The number of allylic oxidation sites excluding steroid dienone is 2. The van der Waals surface area contributed by atoms with Gasteiger partial charge in [0.2, 0.25) is 0 Å². The number of nitriles is 1. The molecule has 1 atom stereocenters. The van der Waals surface area contributed by atoms with Crippen LogP contribution < -0.4 is 0 Å². The maximum atomic E-state index is 14.1. The van der Waals surface area contributed by atoms with Gasteiger partial charge in [0, 0.05) is 40.4 Å². The van der Waals surface area contributed by atoms with E-state index in [0.717, 1.165) is 12.3 Å². The van der Waals surface area contributed by atoms with Gasteiger partial charge in [0.05, 0.1) is 24.9 Å². The van der Waals surface area contributed by atoms with Crippen molar-refractivity contribution in [3.8, 4) is 17.3 Å². The number of carbonyl (C=O) groups is 1. The average molecular weight is 433 g/mol. The molecule has 3 rings (SSSR count). The molecule has 0 radical (unpaired) electrons. The van der Waals surface area contributed by atoms with Gasteiger partial charge in [-0.1, -0.05) is 15.9 Å². The van der Waals surface area contributed by atoms with E-state index in [-0.39, 0.29) is 30.2 Å². The van der Waals surface area contributed by atoms with Crippen molar-refractivity contribution in [3.63, 3.8) is 0 Å². The number of pyridine rings is 1. The van der Waals surface area contributed by atoms with Crippen LogP contribution >= 0.6 is 15.9 Å². The minimum atomic E-state index is -0.767. The number of nitrogens with zero attached hydrogens (tertiary/aromatic N) is 2. The number of ketones is 1. The van der Waals surface area contributed by atoms with Crippen LogP contribution in [0.5, 0.6) is 0 Å². The van der Waals surface area contributed by atoms with Gasteiger partial charge in [-0.15, -0.1) is 0 Å². The SMILES string of the molecule is COC1=C(c2c(C)cc(-c3ncc(F)cc3F)cc2Br)C(=O)CC1CC#N. The molecule has 0 N–H and O–H groups in total. The largest absolute Gasteiger partial charge is 0.500 e. The highest BCUT2D eigenvalue weighted by atomic mass is 79.9. The summed E-state index contributed by atoms with van der Waals surface area (Å²) in [5.74, 6) is -1.40. The molecule has 0 saturated heterocycles.